The third-order valence-electron chi connectivity index (χ3n) is 3.30. The molecule has 2 rings (SSSR count). The molecule has 134 valence electrons. The molecule has 1 amide bonds. The molecule has 2 aromatic rings. The number of amides is 1. The fourth-order valence-electron chi connectivity index (χ4n) is 1.99. The van der Waals surface area contributed by atoms with Gasteiger partial charge in [0.05, 0.1) is 30.0 Å². The summed E-state index contributed by atoms with van der Waals surface area (Å²) in [6.07, 6.45) is 0. The van der Waals surface area contributed by atoms with Crippen molar-refractivity contribution in [3.8, 4) is 5.75 Å². The Kier molecular flexibility index (Phi) is 5.97. The molecule has 0 saturated heterocycles. The molecule has 0 bridgehead atoms. The number of sulfonamides is 1. The Bertz CT molecular complexity index is 840. The average molecular weight is 365 g/mol. The molecule has 0 aliphatic carbocycles. The van der Waals surface area contributed by atoms with E-state index in [4.69, 9.17) is 15.6 Å². The minimum Gasteiger partial charge on any atom is -0.495 e. The van der Waals surface area contributed by atoms with Crippen molar-refractivity contribution in [1.29, 1.82) is 0 Å². The van der Waals surface area contributed by atoms with E-state index in [1.165, 1.54) is 37.4 Å². The normalized spacial score (nSPS) is 12.3. The summed E-state index contributed by atoms with van der Waals surface area (Å²) in [5.74, 6) is -0.301. The van der Waals surface area contributed by atoms with Crippen LogP contribution in [-0.4, -0.2) is 39.2 Å². The van der Waals surface area contributed by atoms with Crippen LogP contribution in [0.25, 0.3) is 0 Å². The number of ether oxygens (including phenoxy) is 1. The van der Waals surface area contributed by atoms with Gasteiger partial charge in [-0.05, 0) is 30.3 Å². The van der Waals surface area contributed by atoms with Crippen LogP contribution in [0.2, 0.25) is 0 Å². The van der Waals surface area contributed by atoms with Crippen LogP contribution < -0.4 is 20.5 Å². The standard InChI is InChI=1S/C16H19N3O5S/c1-24-15-8-7-11(9-14(15)18-16(21)13(17)10-20)19-25(22,23)12-5-3-2-4-6-12/h2-9,13,19-20H,10,17H2,1H3,(H,18,21)/t13-/m0/s1. The van der Waals surface area contributed by atoms with Gasteiger partial charge in [-0.2, -0.15) is 0 Å². The van der Waals surface area contributed by atoms with Crippen LogP contribution in [0.15, 0.2) is 53.4 Å². The van der Waals surface area contributed by atoms with E-state index >= 15 is 0 Å². The van der Waals surface area contributed by atoms with Crippen molar-refractivity contribution in [3.63, 3.8) is 0 Å². The first-order valence-electron chi connectivity index (χ1n) is 7.30. The zero-order valence-electron chi connectivity index (χ0n) is 13.5. The highest BCUT2D eigenvalue weighted by atomic mass is 32.2. The quantitative estimate of drug-likeness (QED) is 0.573. The first-order valence-corrected chi connectivity index (χ1v) is 8.79. The predicted octanol–water partition coefficient (Wildman–Crippen LogP) is 0.754. The van der Waals surface area contributed by atoms with E-state index in [0.29, 0.717) is 5.75 Å². The largest absolute Gasteiger partial charge is 0.495 e. The summed E-state index contributed by atoms with van der Waals surface area (Å²) in [5.41, 5.74) is 5.92. The minimum atomic E-state index is -3.77. The van der Waals surface area contributed by atoms with Crippen molar-refractivity contribution >= 4 is 27.3 Å². The molecule has 0 heterocycles. The topological polar surface area (TPSA) is 131 Å². The number of benzene rings is 2. The Morgan fingerprint density at radius 1 is 1.24 bits per heavy atom. The number of anilines is 2. The third kappa shape index (κ3) is 4.69. The van der Waals surface area contributed by atoms with Crippen LogP contribution in [0.5, 0.6) is 5.75 Å². The molecule has 0 aromatic heterocycles. The second-order valence-electron chi connectivity index (χ2n) is 5.11. The van der Waals surface area contributed by atoms with Gasteiger partial charge in [-0.1, -0.05) is 18.2 Å². The van der Waals surface area contributed by atoms with Crippen molar-refractivity contribution < 1.29 is 23.1 Å². The Morgan fingerprint density at radius 3 is 2.52 bits per heavy atom. The average Bonchev–Trinajstić information content (AvgIpc) is 2.61. The first-order chi connectivity index (χ1) is 11.9. The van der Waals surface area contributed by atoms with E-state index in [2.05, 4.69) is 10.0 Å². The minimum absolute atomic E-state index is 0.110. The highest BCUT2D eigenvalue weighted by molar-refractivity contribution is 7.92. The monoisotopic (exact) mass is 365 g/mol. The van der Waals surface area contributed by atoms with Crippen LogP contribution in [0.3, 0.4) is 0 Å². The molecule has 2 aromatic carbocycles. The summed E-state index contributed by atoms with van der Waals surface area (Å²) in [6.45, 7) is -0.519. The summed E-state index contributed by atoms with van der Waals surface area (Å²) in [4.78, 5) is 11.9. The van der Waals surface area contributed by atoms with E-state index in [1.54, 1.807) is 18.2 Å². The van der Waals surface area contributed by atoms with E-state index in [0.717, 1.165) is 0 Å². The zero-order valence-corrected chi connectivity index (χ0v) is 14.3. The van der Waals surface area contributed by atoms with Gasteiger partial charge in [0, 0.05) is 0 Å². The molecule has 0 radical (unpaired) electrons. The van der Waals surface area contributed by atoms with Crippen LogP contribution in [0.4, 0.5) is 11.4 Å². The predicted molar refractivity (Wildman–Crippen MR) is 93.9 cm³/mol. The molecule has 0 aliphatic heterocycles. The van der Waals surface area contributed by atoms with Gasteiger partial charge in [-0.3, -0.25) is 9.52 Å². The number of aliphatic hydroxyl groups is 1. The second kappa shape index (κ2) is 7.97. The van der Waals surface area contributed by atoms with Crippen LogP contribution in [0.1, 0.15) is 0 Å². The van der Waals surface area contributed by atoms with Crippen LogP contribution in [0, 0.1) is 0 Å². The van der Waals surface area contributed by atoms with Gasteiger partial charge in [0.25, 0.3) is 10.0 Å². The van der Waals surface area contributed by atoms with Crippen LogP contribution in [-0.2, 0) is 14.8 Å². The Labute approximate surface area is 145 Å². The fraction of sp³-hybridized carbons (Fsp3) is 0.188. The lowest BCUT2D eigenvalue weighted by Gasteiger charge is -2.15. The molecular formula is C16H19N3O5S. The Morgan fingerprint density at radius 2 is 1.92 bits per heavy atom. The molecule has 5 N–H and O–H groups in total. The zero-order chi connectivity index (χ0) is 18.4. The highest BCUT2D eigenvalue weighted by Gasteiger charge is 2.17. The SMILES string of the molecule is COc1ccc(NS(=O)(=O)c2ccccc2)cc1NC(=O)[C@@H](N)CO. The van der Waals surface area contributed by atoms with E-state index in [9.17, 15) is 13.2 Å². The first kappa shape index (κ1) is 18.7. The number of hydrogen-bond donors (Lipinski definition) is 4. The summed E-state index contributed by atoms with van der Waals surface area (Å²) in [6, 6.07) is 11.2. The van der Waals surface area contributed by atoms with Crippen molar-refractivity contribution in [1.82, 2.24) is 0 Å². The highest BCUT2D eigenvalue weighted by Crippen LogP contribution is 2.29. The second-order valence-corrected chi connectivity index (χ2v) is 6.79. The van der Waals surface area contributed by atoms with E-state index in [1.807, 2.05) is 0 Å². The van der Waals surface area contributed by atoms with Gasteiger partial charge >= 0.3 is 0 Å². The smallest absolute Gasteiger partial charge is 0.261 e. The number of nitrogens with one attached hydrogen (secondary N) is 2. The van der Waals surface area contributed by atoms with Crippen molar-refractivity contribution in [3.05, 3.63) is 48.5 Å². The summed E-state index contributed by atoms with van der Waals surface area (Å²) in [7, 11) is -2.36. The van der Waals surface area contributed by atoms with Gasteiger partial charge in [0.2, 0.25) is 5.91 Å². The number of nitrogens with two attached hydrogens (primary N) is 1. The molecule has 1 atom stereocenters. The van der Waals surface area contributed by atoms with E-state index < -0.39 is 28.6 Å². The maximum atomic E-state index is 12.4. The molecular weight excluding hydrogens is 346 g/mol. The third-order valence-corrected chi connectivity index (χ3v) is 4.69. The number of aliphatic hydroxyl groups excluding tert-OH is 1. The lowest BCUT2D eigenvalue weighted by atomic mass is 10.2. The molecule has 0 saturated carbocycles. The Hall–Kier alpha value is -2.62. The molecule has 0 unspecified atom stereocenters. The molecule has 0 spiro atoms. The lowest BCUT2D eigenvalue weighted by Crippen LogP contribution is -2.38. The number of hydrogen-bond acceptors (Lipinski definition) is 6. The summed E-state index contributed by atoms with van der Waals surface area (Å²) < 4.78 is 32.3. The van der Waals surface area contributed by atoms with Gasteiger partial charge in [-0.15, -0.1) is 0 Å². The molecule has 0 fully saturated rings. The van der Waals surface area contributed by atoms with E-state index in [-0.39, 0.29) is 16.3 Å². The lowest BCUT2D eigenvalue weighted by molar-refractivity contribution is -0.118. The van der Waals surface area contributed by atoms with Crippen molar-refractivity contribution in [2.45, 2.75) is 10.9 Å². The number of carbonyl (C=O) groups excluding carboxylic acids is 1. The summed E-state index contributed by atoms with van der Waals surface area (Å²) >= 11 is 0. The van der Waals surface area contributed by atoms with Gasteiger partial charge in [0.15, 0.2) is 0 Å². The van der Waals surface area contributed by atoms with Gasteiger partial charge < -0.3 is 20.9 Å². The van der Waals surface area contributed by atoms with Crippen LogP contribution >= 0.6 is 0 Å². The maximum absolute atomic E-state index is 12.4. The number of methoxy groups -OCH3 is 1. The van der Waals surface area contributed by atoms with Crippen molar-refractivity contribution in [2.24, 2.45) is 5.73 Å². The molecule has 9 heteroatoms. The summed E-state index contributed by atoms with van der Waals surface area (Å²) in [5, 5.41) is 11.4. The van der Waals surface area contributed by atoms with Gasteiger partial charge in [-0.25, -0.2) is 8.42 Å². The van der Waals surface area contributed by atoms with Gasteiger partial charge in [0.1, 0.15) is 11.8 Å². The molecule has 0 aliphatic rings. The molecule has 8 nitrogen and oxygen atoms in total. The van der Waals surface area contributed by atoms with Crippen molar-refractivity contribution in [2.75, 3.05) is 23.8 Å². The molecule has 25 heavy (non-hydrogen) atoms. The Balaban J connectivity index is 2.28. The fourth-order valence-corrected chi connectivity index (χ4v) is 3.06. The number of carbonyl (C=O) groups is 1. The maximum Gasteiger partial charge on any atom is 0.261 e. The number of rotatable bonds is 7.